The van der Waals surface area contributed by atoms with E-state index in [1.54, 1.807) is 6.92 Å². The van der Waals surface area contributed by atoms with Gasteiger partial charge in [-0.1, -0.05) is 13.8 Å². The van der Waals surface area contributed by atoms with Crippen molar-refractivity contribution in [3.8, 4) is 0 Å². The van der Waals surface area contributed by atoms with Crippen molar-refractivity contribution < 1.29 is 8.42 Å². The molecule has 0 aromatic heterocycles. The van der Waals surface area contributed by atoms with E-state index < -0.39 is 9.84 Å². The van der Waals surface area contributed by atoms with Crippen molar-refractivity contribution in [3.05, 3.63) is 0 Å². The minimum atomic E-state index is -2.86. The van der Waals surface area contributed by atoms with Gasteiger partial charge in [0.15, 0.2) is 9.84 Å². The second kappa shape index (κ2) is 8.37. The molecule has 3 nitrogen and oxygen atoms in total. The zero-order valence-corrected chi connectivity index (χ0v) is 12.5. The van der Waals surface area contributed by atoms with E-state index in [1.807, 2.05) is 18.7 Å². The van der Waals surface area contributed by atoms with Crippen molar-refractivity contribution in [2.24, 2.45) is 0 Å². The molecule has 0 aliphatic rings. The molecule has 0 aliphatic carbocycles. The summed E-state index contributed by atoms with van der Waals surface area (Å²) in [5.41, 5.74) is 0. The molecule has 2 unspecified atom stereocenters. The second-order valence-corrected chi connectivity index (χ2v) is 7.94. The van der Waals surface area contributed by atoms with Crippen molar-refractivity contribution in [2.45, 2.75) is 46.2 Å². The summed E-state index contributed by atoms with van der Waals surface area (Å²) in [6, 6.07) is 0.438. The summed E-state index contributed by atoms with van der Waals surface area (Å²) in [6.07, 6.45) is 1.09. The fourth-order valence-corrected chi connectivity index (χ4v) is 3.42. The Balaban J connectivity index is 3.82. The summed E-state index contributed by atoms with van der Waals surface area (Å²) in [5, 5.41) is 3.34. The van der Waals surface area contributed by atoms with Gasteiger partial charge in [-0.05, 0) is 31.8 Å². The summed E-state index contributed by atoms with van der Waals surface area (Å²) in [6.45, 7) is 7.91. The lowest BCUT2D eigenvalue weighted by atomic mass is 10.2. The first-order chi connectivity index (χ1) is 7.41. The minimum absolute atomic E-state index is 0.0478. The molecule has 1 N–H and O–H groups in total. The predicted octanol–water partition coefficient (Wildman–Crippen LogP) is 1.93. The highest BCUT2D eigenvalue weighted by Gasteiger charge is 2.15. The molecule has 0 heterocycles. The maximum absolute atomic E-state index is 11.4. The van der Waals surface area contributed by atoms with E-state index in [2.05, 4.69) is 19.2 Å². The molecule has 0 aromatic carbocycles. The zero-order valence-electron chi connectivity index (χ0n) is 10.8. The standard InChI is InChI=1S/C11H25NO2S2/c1-5-15-8-7-10(3)12-11(4)9-16(13,14)6-2/h10-12H,5-9H2,1-4H3. The van der Waals surface area contributed by atoms with Gasteiger partial charge in [0.25, 0.3) is 0 Å². The first-order valence-electron chi connectivity index (χ1n) is 5.95. The third-order valence-corrected chi connectivity index (χ3v) is 5.23. The monoisotopic (exact) mass is 267 g/mol. The summed E-state index contributed by atoms with van der Waals surface area (Å²) in [5.74, 6) is 2.76. The molecule has 0 fully saturated rings. The molecule has 0 aromatic rings. The van der Waals surface area contributed by atoms with Gasteiger partial charge >= 0.3 is 0 Å². The van der Waals surface area contributed by atoms with Crippen molar-refractivity contribution in [1.82, 2.24) is 5.32 Å². The van der Waals surface area contributed by atoms with Crippen LogP contribution < -0.4 is 5.32 Å². The molecule has 0 rings (SSSR count). The topological polar surface area (TPSA) is 46.2 Å². The van der Waals surface area contributed by atoms with Gasteiger partial charge in [-0.2, -0.15) is 11.8 Å². The van der Waals surface area contributed by atoms with Crippen LogP contribution >= 0.6 is 11.8 Å². The van der Waals surface area contributed by atoms with E-state index in [0.29, 0.717) is 6.04 Å². The maximum atomic E-state index is 11.4. The summed E-state index contributed by atoms with van der Waals surface area (Å²) >= 11 is 1.92. The number of sulfone groups is 1. The predicted molar refractivity (Wildman–Crippen MR) is 74.0 cm³/mol. The van der Waals surface area contributed by atoms with E-state index in [0.717, 1.165) is 17.9 Å². The molecule has 16 heavy (non-hydrogen) atoms. The van der Waals surface area contributed by atoms with Crippen molar-refractivity contribution in [3.63, 3.8) is 0 Å². The lowest BCUT2D eigenvalue weighted by Gasteiger charge is -2.19. The molecule has 0 spiro atoms. The van der Waals surface area contributed by atoms with Crippen molar-refractivity contribution in [1.29, 1.82) is 0 Å². The Bertz CT molecular complexity index is 265. The second-order valence-electron chi connectivity index (χ2n) is 4.15. The number of thioether (sulfide) groups is 1. The molecule has 0 bridgehead atoms. The summed E-state index contributed by atoms with van der Waals surface area (Å²) < 4.78 is 22.8. The molecule has 5 heteroatoms. The van der Waals surface area contributed by atoms with Crippen molar-refractivity contribution in [2.75, 3.05) is 23.0 Å². The van der Waals surface area contributed by atoms with Gasteiger partial charge in [0.05, 0.1) is 5.75 Å². The molecular formula is C11H25NO2S2. The van der Waals surface area contributed by atoms with Crippen LogP contribution in [0.4, 0.5) is 0 Å². The fourth-order valence-electron chi connectivity index (χ4n) is 1.52. The van der Waals surface area contributed by atoms with Crippen molar-refractivity contribution >= 4 is 21.6 Å². The quantitative estimate of drug-likeness (QED) is 0.649. The summed E-state index contributed by atoms with van der Waals surface area (Å²) in [7, 11) is -2.86. The highest BCUT2D eigenvalue weighted by molar-refractivity contribution is 7.99. The van der Waals surface area contributed by atoms with E-state index in [9.17, 15) is 8.42 Å². The highest BCUT2D eigenvalue weighted by Crippen LogP contribution is 2.05. The van der Waals surface area contributed by atoms with Gasteiger partial charge < -0.3 is 5.32 Å². The number of nitrogens with one attached hydrogen (secondary N) is 1. The van der Waals surface area contributed by atoms with Crippen LogP contribution in [0.3, 0.4) is 0 Å². The third kappa shape index (κ3) is 8.42. The Hall–Kier alpha value is 0.260. The van der Waals surface area contributed by atoms with Gasteiger partial charge in [-0.3, -0.25) is 0 Å². The van der Waals surface area contributed by atoms with Gasteiger partial charge in [0, 0.05) is 17.8 Å². The molecule has 0 amide bonds. The van der Waals surface area contributed by atoms with Crippen LogP contribution in [0.5, 0.6) is 0 Å². The van der Waals surface area contributed by atoms with Gasteiger partial charge in [0.1, 0.15) is 0 Å². The zero-order chi connectivity index (χ0) is 12.6. The Morgan fingerprint density at radius 2 is 1.81 bits per heavy atom. The van der Waals surface area contributed by atoms with E-state index in [4.69, 9.17) is 0 Å². The van der Waals surface area contributed by atoms with Gasteiger partial charge in [-0.15, -0.1) is 0 Å². The van der Waals surface area contributed by atoms with Crippen LogP contribution in [0.15, 0.2) is 0 Å². The largest absolute Gasteiger partial charge is 0.311 e. The lowest BCUT2D eigenvalue weighted by molar-refractivity contribution is 0.478. The number of rotatable bonds is 9. The first-order valence-corrected chi connectivity index (χ1v) is 8.93. The summed E-state index contributed by atoms with van der Waals surface area (Å²) in [4.78, 5) is 0. The molecule has 0 saturated carbocycles. The fraction of sp³-hybridized carbons (Fsp3) is 1.00. The molecule has 0 radical (unpaired) electrons. The smallest absolute Gasteiger partial charge is 0.151 e. The average Bonchev–Trinajstić information content (AvgIpc) is 2.17. The van der Waals surface area contributed by atoms with Crippen LogP contribution in [-0.4, -0.2) is 43.5 Å². The SMILES string of the molecule is CCSCCC(C)NC(C)CS(=O)(=O)CC. The van der Waals surface area contributed by atoms with E-state index in [1.165, 1.54) is 0 Å². The third-order valence-electron chi connectivity index (χ3n) is 2.41. The molecular weight excluding hydrogens is 242 g/mol. The first kappa shape index (κ1) is 16.3. The van der Waals surface area contributed by atoms with Gasteiger partial charge in [-0.25, -0.2) is 8.42 Å². The lowest BCUT2D eigenvalue weighted by Crippen LogP contribution is -2.39. The van der Waals surface area contributed by atoms with E-state index in [-0.39, 0.29) is 17.5 Å². The Kier molecular flexibility index (Phi) is 8.50. The molecule has 0 saturated heterocycles. The number of hydrogen-bond donors (Lipinski definition) is 1. The van der Waals surface area contributed by atoms with Crippen LogP contribution in [0.25, 0.3) is 0 Å². The molecule has 0 aliphatic heterocycles. The Morgan fingerprint density at radius 1 is 1.19 bits per heavy atom. The van der Waals surface area contributed by atoms with E-state index >= 15 is 0 Å². The molecule has 2 atom stereocenters. The number of hydrogen-bond acceptors (Lipinski definition) is 4. The van der Waals surface area contributed by atoms with Crippen LogP contribution in [-0.2, 0) is 9.84 Å². The highest BCUT2D eigenvalue weighted by atomic mass is 32.2. The van der Waals surface area contributed by atoms with Crippen LogP contribution in [0.1, 0.15) is 34.1 Å². The average molecular weight is 267 g/mol. The molecule has 98 valence electrons. The maximum Gasteiger partial charge on any atom is 0.151 e. The normalized spacial score (nSPS) is 16.0. The van der Waals surface area contributed by atoms with Crippen LogP contribution in [0, 0.1) is 0 Å². The van der Waals surface area contributed by atoms with Crippen LogP contribution in [0.2, 0.25) is 0 Å². The Morgan fingerprint density at radius 3 is 2.31 bits per heavy atom. The Labute approximate surface area is 105 Å². The minimum Gasteiger partial charge on any atom is -0.311 e. The van der Waals surface area contributed by atoms with Gasteiger partial charge in [0.2, 0.25) is 0 Å².